The van der Waals surface area contributed by atoms with Crippen molar-refractivity contribution in [1.29, 1.82) is 0 Å². The molecule has 1 rings (SSSR count). The van der Waals surface area contributed by atoms with E-state index in [2.05, 4.69) is 4.98 Å². The molecule has 0 aliphatic heterocycles. The molecule has 0 spiro atoms. The Morgan fingerprint density at radius 2 is 1.88 bits per heavy atom. The first kappa shape index (κ1) is 13.1. The number of pyridine rings is 1. The van der Waals surface area contributed by atoms with E-state index in [0.29, 0.717) is 13.2 Å². The van der Waals surface area contributed by atoms with Gasteiger partial charge in [-0.1, -0.05) is 6.07 Å². The Kier molecular flexibility index (Phi) is 5.38. The third-order valence-corrected chi connectivity index (χ3v) is 2.27. The number of nitrogens with two attached hydrogens (primary N) is 1. The molecule has 0 radical (unpaired) electrons. The quantitative estimate of drug-likeness (QED) is 0.748. The largest absolute Gasteiger partial charge is 0.351 e. The molecule has 1 atom stereocenters. The van der Waals surface area contributed by atoms with E-state index >= 15 is 0 Å². The van der Waals surface area contributed by atoms with Crippen LogP contribution < -0.4 is 5.73 Å². The Bertz CT molecular complexity index is 294. The van der Waals surface area contributed by atoms with Gasteiger partial charge in [0.05, 0.1) is 6.04 Å². The van der Waals surface area contributed by atoms with E-state index in [-0.39, 0.29) is 6.04 Å². The molecule has 0 bridgehead atoms. The van der Waals surface area contributed by atoms with Crippen molar-refractivity contribution in [3.8, 4) is 0 Å². The van der Waals surface area contributed by atoms with Gasteiger partial charge in [-0.2, -0.15) is 0 Å². The number of aryl methyl sites for hydroxylation is 1. The molecular formula is C12H20N2O2. The SMILES string of the molecule is CCOC(OCC)C(N)c1ccc(C)nc1. The summed E-state index contributed by atoms with van der Waals surface area (Å²) in [6.45, 7) is 6.95. The number of hydrogen-bond donors (Lipinski definition) is 1. The normalized spacial score (nSPS) is 13.1. The van der Waals surface area contributed by atoms with Crippen molar-refractivity contribution < 1.29 is 9.47 Å². The fraction of sp³-hybridized carbons (Fsp3) is 0.583. The van der Waals surface area contributed by atoms with Gasteiger partial charge in [0.25, 0.3) is 0 Å². The molecule has 4 nitrogen and oxygen atoms in total. The van der Waals surface area contributed by atoms with E-state index < -0.39 is 6.29 Å². The average molecular weight is 224 g/mol. The lowest BCUT2D eigenvalue weighted by Crippen LogP contribution is -2.31. The summed E-state index contributed by atoms with van der Waals surface area (Å²) in [7, 11) is 0. The van der Waals surface area contributed by atoms with Gasteiger partial charge in [0.15, 0.2) is 6.29 Å². The lowest BCUT2D eigenvalue weighted by atomic mass is 10.1. The van der Waals surface area contributed by atoms with E-state index in [1.165, 1.54) is 0 Å². The van der Waals surface area contributed by atoms with Crippen molar-refractivity contribution in [1.82, 2.24) is 4.98 Å². The second-order valence-electron chi connectivity index (χ2n) is 3.54. The summed E-state index contributed by atoms with van der Waals surface area (Å²) in [5.74, 6) is 0. The monoisotopic (exact) mass is 224 g/mol. The van der Waals surface area contributed by atoms with Crippen molar-refractivity contribution in [3.63, 3.8) is 0 Å². The van der Waals surface area contributed by atoms with Crippen molar-refractivity contribution in [2.75, 3.05) is 13.2 Å². The molecule has 0 aromatic carbocycles. The third-order valence-electron chi connectivity index (χ3n) is 2.27. The summed E-state index contributed by atoms with van der Waals surface area (Å²) in [6, 6.07) is 3.59. The maximum Gasteiger partial charge on any atom is 0.176 e. The Morgan fingerprint density at radius 1 is 1.25 bits per heavy atom. The molecule has 4 heteroatoms. The first-order valence-electron chi connectivity index (χ1n) is 5.60. The first-order valence-corrected chi connectivity index (χ1v) is 5.60. The van der Waals surface area contributed by atoms with E-state index in [1.807, 2.05) is 32.9 Å². The molecule has 0 aliphatic carbocycles. The fourth-order valence-electron chi connectivity index (χ4n) is 1.42. The molecule has 0 amide bonds. The highest BCUT2D eigenvalue weighted by Gasteiger charge is 2.20. The minimum absolute atomic E-state index is 0.298. The molecule has 1 heterocycles. The number of nitrogens with zero attached hydrogens (tertiary/aromatic N) is 1. The number of rotatable bonds is 6. The molecule has 90 valence electrons. The zero-order chi connectivity index (χ0) is 12.0. The molecule has 0 saturated carbocycles. The second-order valence-corrected chi connectivity index (χ2v) is 3.54. The molecule has 0 aliphatic rings. The minimum Gasteiger partial charge on any atom is -0.351 e. The molecule has 0 fully saturated rings. The standard InChI is InChI=1S/C12H20N2O2/c1-4-15-12(16-5-2)11(13)10-7-6-9(3)14-8-10/h6-8,11-12H,4-5,13H2,1-3H3. The predicted molar refractivity (Wildman–Crippen MR) is 62.9 cm³/mol. The summed E-state index contributed by atoms with van der Waals surface area (Å²) in [5.41, 5.74) is 7.97. The van der Waals surface area contributed by atoms with Crippen LogP contribution in [0.25, 0.3) is 0 Å². The van der Waals surface area contributed by atoms with Crippen LogP contribution in [-0.4, -0.2) is 24.5 Å². The van der Waals surface area contributed by atoms with Crippen LogP contribution >= 0.6 is 0 Å². The predicted octanol–water partition coefficient (Wildman–Crippen LogP) is 1.79. The topological polar surface area (TPSA) is 57.4 Å². The van der Waals surface area contributed by atoms with Crippen molar-refractivity contribution >= 4 is 0 Å². The number of hydrogen-bond acceptors (Lipinski definition) is 4. The zero-order valence-electron chi connectivity index (χ0n) is 10.1. The van der Waals surface area contributed by atoms with Gasteiger partial charge in [-0.15, -0.1) is 0 Å². The van der Waals surface area contributed by atoms with Gasteiger partial charge >= 0.3 is 0 Å². The van der Waals surface area contributed by atoms with Crippen LogP contribution in [-0.2, 0) is 9.47 Å². The molecule has 1 aromatic rings. The lowest BCUT2D eigenvalue weighted by Gasteiger charge is -2.23. The summed E-state index contributed by atoms with van der Waals surface area (Å²) >= 11 is 0. The summed E-state index contributed by atoms with van der Waals surface area (Å²) in [6.07, 6.45) is 1.37. The van der Waals surface area contributed by atoms with Crippen molar-refractivity contribution in [2.24, 2.45) is 5.73 Å². The number of aromatic nitrogens is 1. The zero-order valence-corrected chi connectivity index (χ0v) is 10.1. The van der Waals surface area contributed by atoms with Crippen LogP contribution in [0, 0.1) is 6.92 Å². The van der Waals surface area contributed by atoms with Crippen molar-refractivity contribution in [3.05, 3.63) is 29.6 Å². The van der Waals surface area contributed by atoms with E-state index in [1.54, 1.807) is 6.20 Å². The Morgan fingerprint density at radius 3 is 2.31 bits per heavy atom. The minimum atomic E-state index is -0.403. The van der Waals surface area contributed by atoms with Gasteiger partial charge in [0, 0.05) is 25.1 Å². The van der Waals surface area contributed by atoms with Crippen LogP contribution in [0.2, 0.25) is 0 Å². The summed E-state index contributed by atoms with van der Waals surface area (Å²) < 4.78 is 10.9. The highest BCUT2D eigenvalue weighted by atomic mass is 16.7. The van der Waals surface area contributed by atoms with Gasteiger partial charge in [-0.25, -0.2) is 0 Å². The van der Waals surface area contributed by atoms with E-state index in [9.17, 15) is 0 Å². The summed E-state index contributed by atoms with van der Waals surface area (Å²) in [5, 5.41) is 0. The third kappa shape index (κ3) is 3.56. The maximum absolute atomic E-state index is 6.07. The van der Waals surface area contributed by atoms with Gasteiger partial charge < -0.3 is 15.2 Å². The molecule has 0 saturated heterocycles. The van der Waals surface area contributed by atoms with Crippen LogP contribution in [0.1, 0.15) is 31.1 Å². The van der Waals surface area contributed by atoms with Crippen LogP contribution in [0.15, 0.2) is 18.3 Å². The lowest BCUT2D eigenvalue weighted by molar-refractivity contribution is -0.149. The fourth-order valence-corrected chi connectivity index (χ4v) is 1.42. The Hall–Kier alpha value is -0.970. The molecular weight excluding hydrogens is 204 g/mol. The molecule has 16 heavy (non-hydrogen) atoms. The van der Waals surface area contributed by atoms with Gasteiger partial charge in [-0.05, 0) is 32.4 Å². The highest BCUT2D eigenvalue weighted by Crippen LogP contribution is 2.17. The van der Waals surface area contributed by atoms with Gasteiger partial charge in [0.1, 0.15) is 0 Å². The second kappa shape index (κ2) is 6.58. The van der Waals surface area contributed by atoms with Crippen LogP contribution in [0.3, 0.4) is 0 Å². The van der Waals surface area contributed by atoms with Crippen LogP contribution in [0.5, 0.6) is 0 Å². The average Bonchev–Trinajstić information content (AvgIpc) is 2.29. The van der Waals surface area contributed by atoms with Crippen molar-refractivity contribution in [2.45, 2.75) is 33.1 Å². The van der Waals surface area contributed by atoms with Crippen LogP contribution in [0.4, 0.5) is 0 Å². The number of ether oxygens (including phenoxy) is 2. The van der Waals surface area contributed by atoms with E-state index in [0.717, 1.165) is 11.3 Å². The van der Waals surface area contributed by atoms with Gasteiger partial charge in [0.2, 0.25) is 0 Å². The smallest absolute Gasteiger partial charge is 0.176 e. The van der Waals surface area contributed by atoms with Gasteiger partial charge in [-0.3, -0.25) is 4.98 Å². The Labute approximate surface area is 96.8 Å². The summed E-state index contributed by atoms with van der Waals surface area (Å²) in [4.78, 5) is 4.21. The molecule has 1 aromatic heterocycles. The maximum atomic E-state index is 6.07. The first-order chi connectivity index (χ1) is 7.69. The highest BCUT2D eigenvalue weighted by molar-refractivity contribution is 5.17. The van der Waals surface area contributed by atoms with E-state index in [4.69, 9.17) is 15.2 Å². The Balaban J connectivity index is 2.72. The molecule has 2 N–H and O–H groups in total. The molecule has 1 unspecified atom stereocenters.